The van der Waals surface area contributed by atoms with Gasteiger partial charge in [-0.1, -0.05) is 35.3 Å². The quantitative estimate of drug-likeness (QED) is 0.671. The Labute approximate surface area is 121 Å². The first-order valence-corrected chi connectivity index (χ1v) is 6.76. The Morgan fingerprint density at radius 3 is 2.56 bits per heavy atom. The fourth-order valence-corrected chi connectivity index (χ4v) is 2.22. The largest absolute Gasteiger partial charge is 0.456 e. The van der Waals surface area contributed by atoms with Crippen molar-refractivity contribution in [3.8, 4) is 11.5 Å². The molecular formula is C14H11Cl3O. The molecule has 0 saturated heterocycles. The standard InChI is InChI=1S/C14H11Cl3O/c15-7-6-10-2-1-3-12(8-10)18-14-5-4-11(16)9-13(14)17/h1-5,8-9H,6-7H2. The maximum Gasteiger partial charge on any atom is 0.146 e. The van der Waals surface area contributed by atoms with Crippen LogP contribution in [0.5, 0.6) is 11.5 Å². The van der Waals surface area contributed by atoms with Crippen LogP contribution in [-0.2, 0) is 6.42 Å². The first-order valence-electron chi connectivity index (χ1n) is 5.47. The van der Waals surface area contributed by atoms with Gasteiger partial charge in [-0.3, -0.25) is 0 Å². The van der Waals surface area contributed by atoms with Gasteiger partial charge in [-0.25, -0.2) is 0 Å². The van der Waals surface area contributed by atoms with Gasteiger partial charge in [0.2, 0.25) is 0 Å². The van der Waals surface area contributed by atoms with E-state index in [4.69, 9.17) is 39.5 Å². The number of ether oxygens (including phenoxy) is 1. The third-order valence-electron chi connectivity index (χ3n) is 2.40. The molecule has 0 aliphatic carbocycles. The van der Waals surface area contributed by atoms with Gasteiger partial charge >= 0.3 is 0 Å². The lowest BCUT2D eigenvalue weighted by Crippen LogP contribution is -1.89. The molecule has 0 aliphatic heterocycles. The van der Waals surface area contributed by atoms with Crippen LogP contribution in [0.4, 0.5) is 0 Å². The van der Waals surface area contributed by atoms with Crippen molar-refractivity contribution in [1.29, 1.82) is 0 Å². The van der Waals surface area contributed by atoms with Crippen molar-refractivity contribution in [1.82, 2.24) is 0 Å². The van der Waals surface area contributed by atoms with Gasteiger partial charge in [0.15, 0.2) is 0 Å². The van der Waals surface area contributed by atoms with Gasteiger partial charge in [0.05, 0.1) is 5.02 Å². The lowest BCUT2D eigenvalue weighted by atomic mass is 10.2. The van der Waals surface area contributed by atoms with E-state index in [2.05, 4.69) is 0 Å². The highest BCUT2D eigenvalue weighted by Crippen LogP contribution is 2.31. The zero-order valence-electron chi connectivity index (χ0n) is 9.50. The van der Waals surface area contributed by atoms with Crippen molar-refractivity contribution in [2.24, 2.45) is 0 Å². The number of benzene rings is 2. The maximum absolute atomic E-state index is 6.05. The summed E-state index contributed by atoms with van der Waals surface area (Å²) in [6.07, 6.45) is 0.813. The monoisotopic (exact) mass is 300 g/mol. The molecule has 4 heteroatoms. The maximum atomic E-state index is 6.05. The van der Waals surface area contributed by atoms with Crippen LogP contribution < -0.4 is 4.74 Å². The zero-order valence-corrected chi connectivity index (χ0v) is 11.8. The molecule has 18 heavy (non-hydrogen) atoms. The van der Waals surface area contributed by atoms with Gasteiger partial charge in [0, 0.05) is 10.9 Å². The van der Waals surface area contributed by atoms with Crippen molar-refractivity contribution >= 4 is 34.8 Å². The summed E-state index contributed by atoms with van der Waals surface area (Å²) in [6.45, 7) is 0. The molecule has 0 fully saturated rings. The van der Waals surface area contributed by atoms with E-state index in [1.165, 1.54) is 0 Å². The second-order valence-corrected chi connectivity index (χ2v) is 4.98. The molecule has 2 aromatic carbocycles. The van der Waals surface area contributed by atoms with E-state index >= 15 is 0 Å². The number of alkyl halides is 1. The second-order valence-electron chi connectivity index (χ2n) is 3.76. The number of halogens is 3. The topological polar surface area (TPSA) is 9.23 Å². The normalized spacial score (nSPS) is 10.4. The van der Waals surface area contributed by atoms with Crippen molar-refractivity contribution in [2.75, 3.05) is 5.88 Å². The minimum absolute atomic E-state index is 0.491. The van der Waals surface area contributed by atoms with Crippen LogP contribution in [0, 0.1) is 0 Å². The lowest BCUT2D eigenvalue weighted by molar-refractivity contribution is 0.482. The van der Waals surface area contributed by atoms with E-state index < -0.39 is 0 Å². The number of hydrogen-bond acceptors (Lipinski definition) is 1. The molecule has 0 atom stereocenters. The molecule has 2 aromatic rings. The molecule has 0 N–H and O–H groups in total. The third-order valence-corrected chi connectivity index (χ3v) is 3.12. The van der Waals surface area contributed by atoms with E-state index in [0.717, 1.165) is 17.7 Å². The van der Waals surface area contributed by atoms with Crippen molar-refractivity contribution in [3.63, 3.8) is 0 Å². The average molecular weight is 302 g/mol. The highest BCUT2D eigenvalue weighted by molar-refractivity contribution is 6.35. The first kappa shape index (κ1) is 13.5. The molecule has 0 aliphatic rings. The summed E-state index contributed by atoms with van der Waals surface area (Å²) in [5.74, 6) is 1.91. The Morgan fingerprint density at radius 1 is 1.00 bits per heavy atom. The van der Waals surface area contributed by atoms with Crippen molar-refractivity contribution in [3.05, 3.63) is 58.1 Å². The fourth-order valence-electron chi connectivity index (χ4n) is 1.56. The fraction of sp³-hybridized carbons (Fsp3) is 0.143. The molecule has 0 spiro atoms. The highest BCUT2D eigenvalue weighted by Gasteiger charge is 2.04. The minimum atomic E-state index is 0.491. The molecule has 0 radical (unpaired) electrons. The lowest BCUT2D eigenvalue weighted by Gasteiger charge is -2.09. The summed E-state index contributed by atoms with van der Waals surface area (Å²) in [5, 5.41) is 1.08. The molecule has 0 saturated carbocycles. The van der Waals surface area contributed by atoms with Crippen molar-refractivity contribution < 1.29 is 4.74 Å². The van der Waals surface area contributed by atoms with Gasteiger partial charge < -0.3 is 4.74 Å². The molecular weight excluding hydrogens is 291 g/mol. The van der Waals surface area contributed by atoms with E-state index in [-0.39, 0.29) is 0 Å². The van der Waals surface area contributed by atoms with Crippen molar-refractivity contribution in [2.45, 2.75) is 6.42 Å². The number of hydrogen-bond donors (Lipinski definition) is 0. The Kier molecular flexibility index (Phi) is 4.76. The zero-order chi connectivity index (χ0) is 13.0. The second kappa shape index (κ2) is 6.33. The Bertz CT molecular complexity index is 540. The smallest absolute Gasteiger partial charge is 0.146 e. The van der Waals surface area contributed by atoms with Crippen LogP contribution in [0.15, 0.2) is 42.5 Å². The summed E-state index contributed by atoms with van der Waals surface area (Å²) >= 11 is 17.6. The van der Waals surface area contributed by atoms with Gasteiger partial charge in [0.25, 0.3) is 0 Å². The van der Waals surface area contributed by atoms with Gasteiger partial charge in [0.1, 0.15) is 11.5 Å². The van der Waals surface area contributed by atoms with Gasteiger partial charge in [-0.05, 0) is 42.3 Å². The Morgan fingerprint density at radius 2 is 1.83 bits per heavy atom. The van der Waals surface area contributed by atoms with Gasteiger partial charge in [-0.2, -0.15) is 0 Å². The third kappa shape index (κ3) is 3.55. The molecule has 0 unspecified atom stereocenters. The summed E-state index contributed by atoms with van der Waals surface area (Å²) in [6, 6.07) is 12.9. The highest BCUT2D eigenvalue weighted by atomic mass is 35.5. The van der Waals surface area contributed by atoms with Crippen LogP contribution in [0.3, 0.4) is 0 Å². The average Bonchev–Trinajstić information content (AvgIpc) is 2.34. The van der Waals surface area contributed by atoms with Crippen LogP contribution in [0.2, 0.25) is 10.0 Å². The molecule has 0 heterocycles. The first-order chi connectivity index (χ1) is 8.69. The van der Waals surface area contributed by atoms with Crippen LogP contribution >= 0.6 is 34.8 Å². The predicted octanol–water partition coefficient (Wildman–Crippen LogP) is 5.57. The minimum Gasteiger partial charge on any atom is -0.456 e. The predicted molar refractivity (Wildman–Crippen MR) is 77.4 cm³/mol. The summed E-state index contributed by atoms with van der Waals surface area (Å²) in [7, 11) is 0. The molecule has 94 valence electrons. The van der Waals surface area contributed by atoms with E-state index in [1.54, 1.807) is 18.2 Å². The van der Waals surface area contributed by atoms with E-state index in [0.29, 0.717) is 21.7 Å². The van der Waals surface area contributed by atoms with E-state index in [9.17, 15) is 0 Å². The summed E-state index contributed by atoms with van der Waals surface area (Å²) < 4.78 is 5.72. The molecule has 0 amide bonds. The summed E-state index contributed by atoms with van der Waals surface area (Å²) in [4.78, 5) is 0. The Hall–Kier alpha value is -0.890. The molecule has 2 rings (SSSR count). The van der Waals surface area contributed by atoms with Crippen LogP contribution in [0.25, 0.3) is 0 Å². The van der Waals surface area contributed by atoms with E-state index in [1.807, 2.05) is 24.3 Å². The molecule has 0 bridgehead atoms. The van der Waals surface area contributed by atoms with Gasteiger partial charge in [-0.15, -0.1) is 11.6 Å². The molecule has 0 aromatic heterocycles. The number of rotatable bonds is 4. The number of aryl methyl sites for hydroxylation is 1. The Balaban J connectivity index is 2.20. The SMILES string of the molecule is ClCCc1cccc(Oc2ccc(Cl)cc2Cl)c1. The summed E-state index contributed by atoms with van der Waals surface area (Å²) in [5.41, 5.74) is 1.13. The van der Waals surface area contributed by atoms with Crippen LogP contribution in [-0.4, -0.2) is 5.88 Å². The molecule has 1 nitrogen and oxygen atoms in total. The van der Waals surface area contributed by atoms with Crippen LogP contribution in [0.1, 0.15) is 5.56 Å².